The topological polar surface area (TPSA) is 27.7 Å². The summed E-state index contributed by atoms with van der Waals surface area (Å²) in [6.07, 6.45) is 7.72. The van der Waals surface area contributed by atoms with Gasteiger partial charge in [0, 0.05) is 12.5 Å². The first-order chi connectivity index (χ1) is 8.33. The first-order valence-electron chi connectivity index (χ1n) is 7.22. The molecule has 0 aromatic rings. The fourth-order valence-electron chi connectivity index (χ4n) is 2.84. The highest BCUT2D eigenvalue weighted by Gasteiger charge is 2.33. The van der Waals surface area contributed by atoms with E-state index in [1.54, 1.807) is 0 Å². The molecule has 0 aromatic heterocycles. The third-order valence-electron chi connectivity index (χ3n) is 3.95. The standard InChI is InChI=1S/C14H26O3/c1-3-12-9-11(13(4-2)17-12)10-16-14-7-5-6-8-15-14/h11-14H,3-10H2,1-2H3. The van der Waals surface area contributed by atoms with Crippen molar-refractivity contribution in [3.63, 3.8) is 0 Å². The lowest BCUT2D eigenvalue weighted by Gasteiger charge is -2.25. The van der Waals surface area contributed by atoms with Crippen molar-refractivity contribution in [1.82, 2.24) is 0 Å². The summed E-state index contributed by atoms with van der Waals surface area (Å²) < 4.78 is 17.5. The Morgan fingerprint density at radius 1 is 1.18 bits per heavy atom. The number of hydrogen-bond acceptors (Lipinski definition) is 3. The van der Waals surface area contributed by atoms with E-state index in [9.17, 15) is 0 Å². The lowest BCUT2D eigenvalue weighted by molar-refractivity contribution is -0.171. The van der Waals surface area contributed by atoms with E-state index in [0.717, 1.165) is 38.9 Å². The van der Waals surface area contributed by atoms with Gasteiger partial charge in [-0.25, -0.2) is 0 Å². The summed E-state index contributed by atoms with van der Waals surface area (Å²) in [7, 11) is 0. The van der Waals surface area contributed by atoms with Gasteiger partial charge in [-0.05, 0) is 38.5 Å². The van der Waals surface area contributed by atoms with Crippen LogP contribution >= 0.6 is 0 Å². The monoisotopic (exact) mass is 242 g/mol. The van der Waals surface area contributed by atoms with E-state index in [4.69, 9.17) is 14.2 Å². The smallest absolute Gasteiger partial charge is 0.157 e. The van der Waals surface area contributed by atoms with Gasteiger partial charge in [-0.1, -0.05) is 13.8 Å². The third kappa shape index (κ3) is 3.67. The predicted octanol–water partition coefficient (Wildman–Crippen LogP) is 3.12. The zero-order chi connectivity index (χ0) is 12.1. The van der Waals surface area contributed by atoms with Gasteiger partial charge < -0.3 is 14.2 Å². The van der Waals surface area contributed by atoms with E-state index in [2.05, 4.69) is 13.8 Å². The summed E-state index contributed by atoms with van der Waals surface area (Å²) in [5.74, 6) is 0.565. The fourth-order valence-corrected chi connectivity index (χ4v) is 2.84. The van der Waals surface area contributed by atoms with Gasteiger partial charge >= 0.3 is 0 Å². The Morgan fingerprint density at radius 2 is 2.06 bits per heavy atom. The second-order valence-electron chi connectivity index (χ2n) is 5.24. The highest BCUT2D eigenvalue weighted by molar-refractivity contribution is 4.81. The van der Waals surface area contributed by atoms with Crippen molar-refractivity contribution < 1.29 is 14.2 Å². The van der Waals surface area contributed by atoms with Crippen LogP contribution in [0.1, 0.15) is 52.4 Å². The minimum absolute atomic E-state index is 0.0435. The minimum atomic E-state index is 0.0435. The van der Waals surface area contributed by atoms with Gasteiger partial charge in [-0.3, -0.25) is 0 Å². The molecule has 17 heavy (non-hydrogen) atoms. The van der Waals surface area contributed by atoms with Crippen LogP contribution in [-0.2, 0) is 14.2 Å². The first-order valence-corrected chi connectivity index (χ1v) is 7.22. The molecule has 0 bridgehead atoms. The highest BCUT2D eigenvalue weighted by Crippen LogP contribution is 2.31. The Morgan fingerprint density at radius 3 is 2.71 bits per heavy atom. The minimum Gasteiger partial charge on any atom is -0.375 e. The maximum Gasteiger partial charge on any atom is 0.157 e. The molecule has 2 fully saturated rings. The number of hydrogen-bond donors (Lipinski definition) is 0. The van der Waals surface area contributed by atoms with Crippen molar-refractivity contribution in [2.45, 2.75) is 70.9 Å². The second kappa shape index (κ2) is 6.72. The van der Waals surface area contributed by atoms with Crippen molar-refractivity contribution >= 4 is 0 Å². The Hall–Kier alpha value is -0.120. The molecular formula is C14H26O3. The van der Waals surface area contributed by atoms with E-state index in [-0.39, 0.29) is 6.29 Å². The quantitative estimate of drug-likeness (QED) is 0.741. The van der Waals surface area contributed by atoms with Crippen LogP contribution in [0.2, 0.25) is 0 Å². The van der Waals surface area contributed by atoms with E-state index >= 15 is 0 Å². The van der Waals surface area contributed by atoms with Gasteiger partial charge in [0.1, 0.15) is 0 Å². The van der Waals surface area contributed by atoms with Crippen LogP contribution in [0.15, 0.2) is 0 Å². The molecule has 3 heteroatoms. The largest absolute Gasteiger partial charge is 0.375 e. The molecule has 0 amide bonds. The molecule has 4 atom stereocenters. The summed E-state index contributed by atoms with van der Waals surface area (Å²) in [5, 5.41) is 0. The van der Waals surface area contributed by atoms with E-state index < -0.39 is 0 Å². The van der Waals surface area contributed by atoms with E-state index in [1.165, 1.54) is 12.8 Å². The Labute approximate surface area is 105 Å². The van der Waals surface area contributed by atoms with Gasteiger partial charge in [-0.2, -0.15) is 0 Å². The van der Waals surface area contributed by atoms with Gasteiger partial charge in [0.2, 0.25) is 0 Å². The van der Waals surface area contributed by atoms with Crippen molar-refractivity contribution in [2.24, 2.45) is 5.92 Å². The lowest BCUT2D eigenvalue weighted by atomic mass is 9.98. The maximum absolute atomic E-state index is 5.99. The van der Waals surface area contributed by atoms with E-state index in [1.807, 2.05) is 0 Å². The van der Waals surface area contributed by atoms with Crippen LogP contribution < -0.4 is 0 Å². The molecule has 2 aliphatic rings. The van der Waals surface area contributed by atoms with Crippen LogP contribution in [0, 0.1) is 5.92 Å². The molecule has 0 spiro atoms. The van der Waals surface area contributed by atoms with Crippen molar-refractivity contribution in [3.05, 3.63) is 0 Å². The lowest BCUT2D eigenvalue weighted by Crippen LogP contribution is -2.27. The molecule has 0 aliphatic carbocycles. The van der Waals surface area contributed by atoms with Crippen LogP contribution in [-0.4, -0.2) is 31.7 Å². The van der Waals surface area contributed by atoms with E-state index in [0.29, 0.717) is 18.1 Å². The second-order valence-corrected chi connectivity index (χ2v) is 5.24. The van der Waals surface area contributed by atoms with Gasteiger partial charge in [0.15, 0.2) is 6.29 Å². The number of ether oxygens (including phenoxy) is 3. The molecule has 2 aliphatic heterocycles. The van der Waals surface area contributed by atoms with Crippen molar-refractivity contribution in [2.75, 3.05) is 13.2 Å². The summed E-state index contributed by atoms with van der Waals surface area (Å²) in [6, 6.07) is 0. The van der Waals surface area contributed by atoms with Crippen LogP contribution in [0.25, 0.3) is 0 Å². The Bertz CT molecular complexity index is 214. The van der Waals surface area contributed by atoms with Gasteiger partial charge in [-0.15, -0.1) is 0 Å². The number of rotatable bonds is 5. The van der Waals surface area contributed by atoms with Crippen LogP contribution in [0.3, 0.4) is 0 Å². The van der Waals surface area contributed by atoms with Gasteiger partial charge in [0.25, 0.3) is 0 Å². The predicted molar refractivity (Wildman–Crippen MR) is 66.9 cm³/mol. The molecule has 3 nitrogen and oxygen atoms in total. The molecule has 2 saturated heterocycles. The molecule has 0 N–H and O–H groups in total. The molecule has 0 radical (unpaired) electrons. The zero-order valence-electron chi connectivity index (χ0n) is 11.2. The summed E-state index contributed by atoms with van der Waals surface area (Å²) >= 11 is 0. The van der Waals surface area contributed by atoms with Crippen molar-refractivity contribution in [3.8, 4) is 0 Å². The van der Waals surface area contributed by atoms with Crippen LogP contribution in [0.4, 0.5) is 0 Å². The molecule has 2 heterocycles. The summed E-state index contributed by atoms with van der Waals surface area (Å²) in [4.78, 5) is 0. The molecule has 100 valence electrons. The molecule has 0 aromatic carbocycles. The molecule has 2 rings (SSSR count). The maximum atomic E-state index is 5.99. The SMILES string of the molecule is CCC1CC(COC2CCCCO2)C(CC)O1. The normalized spacial score (nSPS) is 38.5. The average molecular weight is 242 g/mol. The third-order valence-corrected chi connectivity index (χ3v) is 3.95. The van der Waals surface area contributed by atoms with Gasteiger partial charge in [0.05, 0.1) is 18.8 Å². The Kier molecular flexibility index (Phi) is 5.26. The fraction of sp³-hybridized carbons (Fsp3) is 1.00. The average Bonchev–Trinajstić information content (AvgIpc) is 2.80. The summed E-state index contributed by atoms with van der Waals surface area (Å²) in [5.41, 5.74) is 0. The summed E-state index contributed by atoms with van der Waals surface area (Å²) in [6.45, 7) is 6.07. The molecule has 0 saturated carbocycles. The zero-order valence-corrected chi connectivity index (χ0v) is 11.2. The first kappa shape index (κ1) is 13.3. The molecule has 4 unspecified atom stereocenters. The van der Waals surface area contributed by atoms with Crippen molar-refractivity contribution in [1.29, 1.82) is 0 Å². The van der Waals surface area contributed by atoms with Crippen LogP contribution in [0.5, 0.6) is 0 Å². The molecular weight excluding hydrogens is 216 g/mol. The highest BCUT2D eigenvalue weighted by atomic mass is 16.7. The Balaban J connectivity index is 1.73.